The third kappa shape index (κ3) is 2.52. The maximum atomic E-state index is 10.9. The first kappa shape index (κ1) is 11.0. The Bertz CT molecular complexity index is 379. The average Bonchev–Trinajstić information content (AvgIpc) is 2.48. The Morgan fingerprint density at radius 3 is 3.19 bits per heavy atom. The van der Waals surface area contributed by atoms with Gasteiger partial charge in [0, 0.05) is 25.6 Å². The molecular weight excluding hydrogens is 204 g/mol. The monoisotopic (exact) mass is 220 g/mol. The smallest absolute Gasteiger partial charge is 0.216 e. The van der Waals surface area contributed by atoms with Crippen LogP contribution >= 0.6 is 0 Å². The number of carbonyl (C=O) groups excluding carboxylic acids is 1. The van der Waals surface area contributed by atoms with E-state index in [4.69, 9.17) is 4.74 Å². The molecular formula is C12H16N2O2. The summed E-state index contributed by atoms with van der Waals surface area (Å²) < 4.78 is 5.61. The topological polar surface area (TPSA) is 50.4 Å². The lowest BCUT2D eigenvalue weighted by molar-refractivity contribution is -0.119. The van der Waals surface area contributed by atoms with Crippen LogP contribution in [0.5, 0.6) is 5.75 Å². The van der Waals surface area contributed by atoms with Crippen LogP contribution in [0, 0.1) is 0 Å². The van der Waals surface area contributed by atoms with Crippen molar-refractivity contribution >= 4 is 5.91 Å². The van der Waals surface area contributed by atoms with Crippen LogP contribution in [0.1, 0.15) is 18.5 Å². The van der Waals surface area contributed by atoms with Gasteiger partial charge in [-0.15, -0.1) is 0 Å². The van der Waals surface area contributed by atoms with Crippen molar-refractivity contribution < 1.29 is 9.53 Å². The fourth-order valence-electron chi connectivity index (χ4n) is 1.83. The van der Waals surface area contributed by atoms with Gasteiger partial charge in [-0.2, -0.15) is 0 Å². The van der Waals surface area contributed by atoms with E-state index < -0.39 is 0 Å². The lowest BCUT2D eigenvalue weighted by Crippen LogP contribution is -2.34. The van der Waals surface area contributed by atoms with Crippen LogP contribution in [0.4, 0.5) is 0 Å². The molecule has 1 aliphatic heterocycles. The van der Waals surface area contributed by atoms with E-state index in [1.807, 2.05) is 24.3 Å². The fourth-order valence-corrected chi connectivity index (χ4v) is 1.83. The molecule has 1 aromatic rings. The number of hydrogen-bond acceptors (Lipinski definition) is 3. The van der Waals surface area contributed by atoms with Crippen LogP contribution in [-0.4, -0.2) is 25.6 Å². The second-order valence-electron chi connectivity index (χ2n) is 3.83. The molecule has 1 atom stereocenters. The van der Waals surface area contributed by atoms with Crippen molar-refractivity contribution in [1.82, 2.24) is 10.6 Å². The van der Waals surface area contributed by atoms with Crippen molar-refractivity contribution in [3.8, 4) is 5.75 Å². The molecule has 1 aliphatic rings. The summed E-state index contributed by atoms with van der Waals surface area (Å²) in [7, 11) is 0. The minimum absolute atomic E-state index is 0.00977. The van der Waals surface area contributed by atoms with E-state index >= 15 is 0 Å². The van der Waals surface area contributed by atoms with E-state index in [1.165, 1.54) is 6.92 Å². The van der Waals surface area contributed by atoms with Crippen molar-refractivity contribution in [3.05, 3.63) is 29.8 Å². The highest BCUT2D eigenvalue weighted by Gasteiger charge is 2.18. The highest BCUT2D eigenvalue weighted by molar-refractivity contribution is 5.72. The Labute approximate surface area is 95.0 Å². The molecule has 0 saturated carbocycles. The predicted molar refractivity (Wildman–Crippen MR) is 61.4 cm³/mol. The normalized spacial score (nSPS) is 19.2. The highest BCUT2D eigenvalue weighted by atomic mass is 16.5. The summed E-state index contributed by atoms with van der Waals surface area (Å²) in [6, 6.07) is 8.06. The molecule has 0 aromatic heterocycles. The molecule has 1 unspecified atom stereocenters. The molecule has 1 aromatic carbocycles. The van der Waals surface area contributed by atoms with E-state index in [-0.39, 0.29) is 11.9 Å². The van der Waals surface area contributed by atoms with Crippen molar-refractivity contribution in [2.75, 3.05) is 19.7 Å². The molecule has 2 rings (SSSR count). The van der Waals surface area contributed by atoms with Gasteiger partial charge in [-0.05, 0) is 6.07 Å². The first-order valence-corrected chi connectivity index (χ1v) is 5.47. The van der Waals surface area contributed by atoms with E-state index in [0.29, 0.717) is 13.2 Å². The van der Waals surface area contributed by atoms with Crippen molar-refractivity contribution in [2.45, 2.75) is 13.0 Å². The molecule has 0 fully saturated rings. The minimum Gasteiger partial charge on any atom is -0.492 e. The molecule has 4 nitrogen and oxygen atoms in total. The summed E-state index contributed by atoms with van der Waals surface area (Å²) in [5, 5.41) is 6.18. The molecule has 4 heteroatoms. The number of nitrogens with one attached hydrogen (secondary N) is 2. The van der Waals surface area contributed by atoms with E-state index in [2.05, 4.69) is 10.6 Å². The number of carbonyl (C=O) groups is 1. The summed E-state index contributed by atoms with van der Waals surface area (Å²) in [6.07, 6.45) is 0. The van der Waals surface area contributed by atoms with E-state index in [1.54, 1.807) is 0 Å². The zero-order valence-electron chi connectivity index (χ0n) is 9.32. The van der Waals surface area contributed by atoms with Crippen molar-refractivity contribution in [1.29, 1.82) is 0 Å². The van der Waals surface area contributed by atoms with Gasteiger partial charge in [-0.25, -0.2) is 0 Å². The Morgan fingerprint density at radius 1 is 1.56 bits per heavy atom. The van der Waals surface area contributed by atoms with Gasteiger partial charge < -0.3 is 15.4 Å². The SMILES string of the molecule is CC(=O)NCC1NCCOc2ccccc21. The Hall–Kier alpha value is -1.55. The van der Waals surface area contributed by atoms with Crippen LogP contribution in [0.25, 0.3) is 0 Å². The standard InChI is InChI=1S/C12H16N2O2/c1-9(15)14-8-11-10-4-2-3-5-12(10)16-7-6-13-11/h2-5,11,13H,6-8H2,1H3,(H,14,15). The molecule has 0 saturated heterocycles. The van der Waals surface area contributed by atoms with Gasteiger partial charge in [0.1, 0.15) is 12.4 Å². The number of benzene rings is 1. The lowest BCUT2D eigenvalue weighted by Gasteiger charge is -2.17. The number of hydrogen-bond donors (Lipinski definition) is 2. The average molecular weight is 220 g/mol. The zero-order valence-corrected chi connectivity index (χ0v) is 9.32. The van der Waals surface area contributed by atoms with Gasteiger partial charge in [0.2, 0.25) is 5.91 Å². The molecule has 16 heavy (non-hydrogen) atoms. The largest absolute Gasteiger partial charge is 0.492 e. The highest BCUT2D eigenvalue weighted by Crippen LogP contribution is 2.26. The number of amides is 1. The fraction of sp³-hybridized carbons (Fsp3) is 0.417. The molecule has 1 heterocycles. The van der Waals surface area contributed by atoms with Gasteiger partial charge in [-0.3, -0.25) is 4.79 Å². The van der Waals surface area contributed by atoms with Gasteiger partial charge in [-0.1, -0.05) is 18.2 Å². The number of fused-ring (bicyclic) bond motifs is 1. The van der Waals surface area contributed by atoms with Crippen LogP contribution < -0.4 is 15.4 Å². The second kappa shape index (κ2) is 4.99. The van der Waals surface area contributed by atoms with Crippen LogP contribution in [0.15, 0.2) is 24.3 Å². The Balaban J connectivity index is 2.15. The summed E-state index contributed by atoms with van der Waals surface area (Å²) in [5.41, 5.74) is 1.11. The van der Waals surface area contributed by atoms with Crippen molar-refractivity contribution in [3.63, 3.8) is 0 Å². The molecule has 1 amide bonds. The molecule has 0 radical (unpaired) electrons. The zero-order chi connectivity index (χ0) is 11.4. The molecule has 0 spiro atoms. The van der Waals surface area contributed by atoms with Gasteiger partial charge in [0.05, 0.1) is 6.04 Å². The van der Waals surface area contributed by atoms with E-state index in [0.717, 1.165) is 17.9 Å². The Morgan fingerprint density at radius 2 is 2.38 bits per heavy atom. The molecule has 0 bridgehead atoms. The Kier molecular flexibility index (Phi) is 3.41. The maximum Gasteiger partial charge on any atom is 0.216 e. The number of rotatable bonds is 2. The lowest BCUT2D eigenvalue weighted by atomic mass is 10.1. The first-order chi connectivity index (χ1) is 7.77. The van der Waals surface area contributed by atoms with Gasteiger partial charge in [0.15, 0.2) is 0 Å². The number of ether oxygens (including phenoxy) is 1. The molecule has 0 aliphatic carbocycles. The van der Waals surface area contributed by atoms with Crippen LogP contribution in [0.2, 0.25) is 0 Å². The summed E-state index contributed by atoms with van der Waals surface area (Å²) in [4.78, 5) is 10.9. The predicted octanol–water partition coefficient (Wildman–Crippen LogP) is 0.846. The quantitative estimate of drug-likeness (QED) is 0.776. The maximum absolute atomic E-state index is 10.9. The summed E-state index contributed by atoms with van der Waals surface area (Å²) in [5.74, 6) is 0.896. The first-order valence-electron chi connectivity index (χ1n) is 5.47. The van der Waals surface area contributed by atoms with E-state index in [9.17, 15) is 4.79 Å². The molecule has 2 N–H and O–H groups in total. The number of para-hydroxylation sites is 1. The summed E-state index contributed by atoms with van der Waals surface area (Å²) in [6.45, 7) is 3.57. The third-order valence-electron chi connectivity index (χ3n) is 2.60. The van der Waals surface area contributed by atoms with Gasteiger partial charge >= 0.3 is 0 Å². The third-order valence-corrected chi connectivity index (χ3v) is 2.60. The van der Waals surface area contributed by atoms with Crippen LogP contribution in [0.3, 0.4) is 0 Å². The second-order valence-corrected chi connectivity index (χ2v) is 3.83. The molecule has 86 valence electrons. The minimum atomic E-state index is -0.00977. The van der Waals surface area contributed by atoms with Crippen LogP contribution in [-0.2, 0) is 4.79 Å². The van der Waals surface area contributed by atoms with Crippen molar-refractivity contribution in [2.24, 2.45) is 0 Å². The van der Waals surface area contributed by atoms with Gasteiger partial charge in [0.25, 0.3) is 0 Å². The summed E-state index contributed by atoms with van der Waals surface area (Å²) >= 11 is 0.